The SMILES string of the molecule is CCOC(=O)C(C=NC(N)=O)=C(O)C(F)F. The summed E-state index contributed by atoms with van der Waals surface area (Å²) in [6.45, 7) is 1.36. The molecule has 0 saturated heterocycles. The van der Waals surface area contributed by atoms with Crippen molar-refractivity contribution in [3.05, 3.63) is 11.3 Å². The maximum Gasteiger partial charge on any atom is 0.343 e. The molecule has 0 unspecified atom stereocenters. The molecule has 6 nitrogen and oxygen atoms in total. The summed E-state index contributed by atoms with van der Waals surface area (Å²) >= 11 is 0. The first-order chi connectivity index (χ1) is 7.40. The van der Waals surface area contributed by atoms with Gasteiger partial charge in [0, 0.05) is 0 Å². The Bertz CT molecular complexity index is 339. The van der Waals surface area contributed by atoms with Crippen LogP contribution in [-0.4, -0.2) is 36.4 Å². The smallest absolute Gasteiger partial charge is 0.343 e. The van der Waals surface area contributed by atoms with Gasteiger partial charge in [-0.15, -0.1) is 0 Å². The third-order valence-corrected chi connectivity index (χ3v) is 1.30. The summed E-state index contributed by atoms with van der Waals surface area (Å²) in [4.78, 5) is 24.2. The van der Waals surface area contributed by atoms with Crippen LogP contribution in [0, 0.1) is 0 Å². The zero-order chi connectivity index (χ0) is 12.7. The summed E-state index contributed by atoms with van der Waals surface area (Å²) in [6.07, 6.45) is -2.85. The lowest BCUT2D eigenvalue weighted by Gasteiger charge is -2.04. The van der Waals surface area contributed by atoms with Crippen molar-refractivity contribution < 1.29 is 28.2 Å². The van der Waals surface area contributed by atoms with E-state index in [-0.39, 0.29) is 6.61 Å². The number of aliphatic imine (C=N–C) groups is 1. The summed E-state index contributed by atoms with van der Waals surface area (Å²) < 4.78 is 28.6. The molecule has 0 aliphatic carbocycles. The molecule has 0 aromatic heterocycles. The number of ether oxygens (including phenoxy) is 1. The molecule has 0 radical (unpaired) electrons. The third-order valence-electron chi connectivity index (χ3n) is 1.30. The van der Waals surface area contributed by atoms with Gasteiger partial charge in [0.15, 0.2) is 5.76 Å². The van der Waals surface area contributed by atoms with Crippen molar-refractivity contribution in [3.8, 4) is 0 Å². The van der Waals surface area contributed by atoms with Crippen LogP contribution in [0.4, 0.5) is 13.6 Å². The number of carbonyl (C=O) groups is 2. The number of carbonyl (C=O) groups excluding carboxylic acids is 2. The van der Waals surface area contributed by atoms with E-state index < -0.39 is 29.8 Å². The van der Waals surface area contributed by atoms with Crippen molar-refractivity contribution in [3.63, 3.8) is 0 Å². The van der Waals surface area contributed by atoms with E-state index >= 15 is 0 Å². The molecular weight excluding hydrogens is 226 g/mol. The minimum atomic E-state index is -3.28. The average Bonchev–Trinajstić information content (AvgIpc) is 2.17. The molecule has 0 rings (SSSR count). The van der Waals surface area contributed by atoms with E-state index in [1.54, 1.807) is 0 Å². The fourth-order valence-electron chi connectivity index (χ4n) is 0.678. The Hall–Kier alpha value is -1.99. The Morgan fingerprint density at radius 2 is 2.12 bits per heavy atom. The number of allylic oxidation sites excluding steroid dienone is 1. The first-order valence-electron chi connectivity index (χ1n) is 4.12. The molecule has 0 heterocycles. The number of hydrogen-bond acceptors (Lipinski definition) is 4. The molecule has 8 heteroatoms. The Kier molecular flexibility index (Phi) is 5.68. The van der Waals surface area contributed by atoms with Crippen molar-refractivity contribution in [2.24, 2.45) is 10.7 Å². The van der Waals surface area contributed by atoms with Gasteiger partial charge in [0.05, 0.1) is 12.8 Å². The number of halogens is 2. The van der Waals surface area contributed by atoms with Gasteiger partial charge in [0.2, 0.25) is 0 Å². The Balaban J connectivity index is 5.13. The standard InChI is InChI=1S/C8H10F2N2O4/c1-2-16-7(14)4(3-12-8(11)15)5(13)6(9)10/h3,6,13H,2H2,1H3,(H2,11,15). The lowest BCUT2D eigenvalue weighted by molar-refractivity contribution is -0.138. The number of aliphatic hydroxyl groups excluding tert-OH is 1. The van der Waals surface area contributed by atoms with Gasteiger partial charge in [-0.2, -0.15) is 0 Å². The number of rotatable bonds is 4. The number of nitrogens with two attached hydrogens (primary N) is 1. The molecule has 0 aromatic carbocycles. The maximum atomic E-state index is 12.1. The highest BCUT2D eigenvalue weighted by Crippen LogP contribution is 2.11. The number of hydrogen-bond donors (Lipinski definition) is 2. The zero-order valence-electron chi connectivity index (χ0n) is 8.31. The van der Waals surface area contributed by atoms with E-state index in [0.717, 1.165) is 0 Å². The van der Waals surface area contributed by atoms with Gasteiger partial charge < -0.3 is 15.6 Å². The highest BCUT2D eigenvalue weighted by molar-refractivity contribution is 6.11. The average molecular weight is 236 g/mol. The number of urea groups is 1. The van der Waals surface area contributed by atoms with Gasteiger partial charge in [-0.25, -0.2) is 23.4 Å². The number of aliphatic hydroxyl groups is 1. The minimum absolute atomic E-state index is 0.0801. The van der Waals surface area contributed by atoms with Crippen LogP contribution in [0.25, 0.3) is 0 Å². The number of esters is 1. The van der Waals surface area contributed by atoms with Crippen molar-refractivity contribution >= 4 is 18.2 Å². The Morgan fingerprint density at radius 3 is 2.50 bits per heavy atom. The van der Waals surface area contributed by atoms with Crippen molar-refractivity contribution in [1.82, 2.24) is 0 Å². The summed E-state index contributed by atoms with van der Waals surface area (Å²) in [5.41, 5.74) is 3.70. The molecule has 90 valence electrons. The maximum absolute atomic E-state index is 12.1. The van der Waals surface area contributed by atoms with Crippen LogP contribution in [-0.2, 0) is 9.53 Å². The van der Waals surface area contributed by atoms with Crippen LogP contribution < -0.4 is 5.73 Å². The Labute approximate surface area is 89.4 Å². The van der Waals surface area contributed by atoms with Crippen molar-refractivity contribution in [1.29, 1.82) is 0 Å². The first kappa shape index (κ1) is 14.0. The number of primary amides is 1. The largest absolute Gasteiger partial charge is 0.506 e. The molecule has 0 aliphatic rings. The fourth-order valence-corrected chi connectivity index (χ4v) is 0.678. The van der Waals surface area contributed by atoms with Gasteiger partial charge in [0.1, 0.15) is 5.57 Å². The lowest BCUT2D eigenvalue weighted by atomic mass is 10.2. The highest BCUT2D eigenvalue weighted by Gasteiger charge is 2.21. The third kappa shape index (κ3) is 4.49. The lowest BCUT2D eigenvalue weighted by Crippen LogP contribution is -2.16. The van der Waals surface area contributed by atoms with E-state index in [1.807, 2.05) is 0 Å². The number of alkyl halides is 2. The second kappa shape index (κ2) is 6.49. The predicted octanol–water partition coefficient (Wildman–Crippen LogP) is 0.776. The van der Waals surface area contributed by atoms with E-state index in [0.29, 0.717) is 6.21 Å². The summed E-state index contributed by atoms with van der Waals surface area (Å²) in [6, 6.07) is -1.19. The molecule has 16 heavy (non-hydrogen) atoms. The molecule has 0 saturated carbocycles. The molecule has 0 bridgehead atoms. The van der Waals surface area contributed by atoms with Gasteiger partial charge in [-0.1, -0.05) is 0 Å². The molecule has 0 atom stereocenters. The highest BCUT2D eigenvalue weighted by atomic mass is 19.3. The van der Waals surface area contributed by atoms with Crippen LogP contribution in [0.5, 0.6) is 0 Å². The van der Waals surface area contributed by atoms with Crippen molar-refractivity contribution in [2.45, 2.75) is 13.3 Å². The number of nitrogens with zero attached hydrogens (tertiary/aromatic N) is 1. The van der Waals surface area contributed by atoms with Crippen LogP contribution in [0.1, 0.15) is 6.92 Å². The van der Waals surface area contributed by atoms with Gasteiger partial charge in [-0.05, 0) is 6.92 Å². The summed E-state index contributed by atoms with van der Waals surface area (Å²) in [5.74, 6) is -2.74. The summed E-state index contributed by atoms with van der Waals surface area (Å²) in [7, 11) is 0. The monoisotopic (exact) mass is 236 g/mol. The first-order valence-corrected chi connectivity index (χ1v) is 4.12. The van der Waals surface area contributed by atoms with E-state index in [4.69, 9.17) is 5.11 Å². The summed E-state index contributed by atoms with van der Waals surface area (Å²) in [5, 5.41) is 8.88. The molecule has 2 amide bonds. The topological polar surface area (TPSA) is 102 Å². The molecule has 0 aliphatic heterocycles. The van der Waals surface area contributed by atoms with Crippen molar-refractivity contribution in [2.75, 3.05) is 6.61 Å². The minimum Gasteiger partial charge on any atom is -0.506 e. The zero-order valence-corrected chi connectivity index (χ0v) is 8.31. The van der Waals surface area contributed by atoms with Gasteiger partial charge >= 0.3 is 12.0 Å². The van der Waals surface area contributed by atoms with E-state index in [9.17, 15) is 18.4 Å². The van der Waals surface area contributed by atoms with Gasteiger partial charge in [0.25, 0.3) is 6.43 Å². The van der Waals surface area contributed by atoms with Crippen LogP contribution >= 0.6 is 0 Å². The Morgan fingerprint density at radius 1 is 1.56 bits per heavy atom. The normalized spacial score (nSPS) is 12.8. The van der Waals surface area contributed by atoms with E-state index in [2.05, 4.69) is 15.5 Å². The molecule has 0 fully saturated rings. The molecule has 3 N–H and O–H groups in total. The molecular formula is C8H10F2N2O4. The fraction of sp³-hybridized carbons (Fsp3) is 0.375. The predicted molar refractivity (Wildman–Crippen MR) is 50.4 cm³/mol. The second-order valence-corrected chi connectivity index (χ2v) is 2.42. The van der Waals surface area contributed by atoms with Crippen LogP contribution in [0.3, 0.4) is 0 Å². The molecule has 0 aromatic rings. The second-order valence-electron chi connectivity index (χ2n) is 2.42. The number of amides is 2. The van der Waals surface area contributed by atoms with Crippen LogP contribution in [0.2, 0.25) is 0 Å². The van der Waals surface area contributed by atoms with E-state index in [1.165, 1.54) is 6.92 Å². The van der Waals surface area contributed by atoms with Crippen LogP contribution in [0.15, 0.2) is 16.3 Å². The quantitative estimate of drug-likeness (QED) is 0.326. The van der Waals surface area contributed by atoms with Gasteiger partial charge in [-0.3, -0.25) is 0 Å². The molecule has 0 spiro atoms.